The second-order valence-corrected chi connectivity index (χ2v) is 12.4. The second kappa shape index (κ2) is 23.2. The van der Waals surface area contributed by atoms with E-state index in [9.17, 15) is 50.8 Å². The first-order chi connectivity index (χ1) is 21.7. The predicted molar refractivity (Wildman–Crippen MR) is 175 cm³/mol. The Morgan fingerprint density at radius 2 is 1.20 bits per heavy atom. The number of hydrogen-bond acceptors (Lipinski definition) is 11. The maximum atomic E-state index is 13.1. The van der Waals surface area contributed by atoms with Crippen LogP contribution in [0.15, 0.2) is 60.3 Å². The molecule has 0 aromatic rings. The summed E-state index contributed by atoms with van der Waals surface area (Å²) in [6.45, 7) is 5.18. The number of hydrogen-bond donors (Lipinski definition) is 9. The Hall–Kier alpha value is -2.19. The molecule has 1 heterocycles. The van der Waals surface area contributed by atoms with Crippen molar-refractivity contribution in [1.29, 1.82) is 0 Å². The Morgan fingerprint density at radius 1 is 0.717 bits per heavy atom. The third-order valence-electron chi connectivity index (χ3n) is 8.03. The molecule has 9 N–H and O–H groups in total. The molecule has 0 fully saturated rings. The van der Waals surface area contributed by atoms with Gasteiger partial charge in [-0.15, -0.1) is 0 Å². The maximum Gasteiger partial charge on any atom is 0.314 e. The predicted octanol–water partition coefficient (Wildman–Crippen LogP) is 1.89. The molecule has 11 atom stereocenters. The summed E-state index contributed by atoms with van der Waals surface area (Å²) in [6, 6.07) is 0. The SMILES string of the molecule is CCCCC[C@@H](O)[C@@H]1C(=O)O[C@@H](C)[C@@H](O)\C=C/C=C\C=C/C=C\C=C(\C)[C@H](O)C[C@H](O)C[C@H](O)C[C@H](O)C[C@H](O)C[C@H](O)C[C@@H]1O. The molecule has 1 rings (SSSR count). The highest BCUT2D eigenvalue weighted by Gasteiger charge is 2.37. The smallest absolute Gasteiger partial charge is 0.314 e. The average molecular weight is 655 g/mol. The van der Waals surface area contributed by atoms with E-state index in [2.05, 4.69) is 0 Å². The number of ether oxygens (including phenoxy) is 1. The minimum Gasteiger partial charge on any atom is -0.459 e. The van der Waals surface area contributed by atoms with Gasteiger partial charge in [0.1, 0.15) is 18.1 Å². The third kappa shape index (κ3) is 17.7. The quantitative estimate of drug-likeness (QED) is 0.154. The van der Waals surface area contributed by atoms with Gasteiger partial charge in [0.15, 0.2) is 0 Å². The van der Waals surface area contributed by atoms with Gasteiger partial charge in [0.25, 0.3) is 0 Å². The summed E-state index contributed by atoms with van der Waals surface area (Å²) >= 11 is 0. The first-order valence-corrected chi connectivity index (χ1v) is 16.4. The molecule has 1 aliphatic rings. The third-order valence-corrected chi connectivity index (χ3v) is 8.03. The number of aliphatic hydroxyl groups excluding tert-OH is 9. The van der Waals surface area contributed by atoms with Crippen LogP contribution in [0.3, 0.4) is 0 Å². The molecule has 0 aromatic heterocycles. The number of carbonyl (C=O) groups is 1. The maximum absolute atomic E-state index is 13.1. The van der Waals surface area contributed by atoms with Gasteiger partial charge in [-0.3, -0.25) is 4.79 Å². The van der Waals surface area contributed by atoms with Crippen molar-refractivity contribution in [2.75, 3.05) is 0 Å². The van der Waals surface area contributed by atoms with Crippen LogP contribution in [0.5, 0.6) is 0 Å². The van der Waals surface area contributed by atoms with Gasteiger partial charge >= 0.3 is 5.97 Å². The molecule has 0 bridgehead atoms. The van der Waals surface area contributed by atoms with E-state index in [4.69, 9.17) is 4.74 Å². The van der Waals surface area contributed by atoms with E-state index >= 15 is 0 Å². The number of allylic oxidation sites excluding steroid dienone is 8. The number of rotatable bonds is 5. The highest BCUT2D eigenvalue weighted by atomic mass is 16.6. The van der Waals surface area contributed by atoms with Gasteiger partial charge in [-0.05, 0) is 51.5 Å². The zero-order chi connectivity index (χ0) is 34.6. The van der Waals surface area contributed by atoms with Crippen LogP contribution in [0.4, 0.5) is 0 Å². The summed E-state index contributed by atoms with van der Waals surface area (Å²) in [4.78, 5) is 13.1. The molecule has 0 aliphatic carbocycles. The van der Waals surface area contributed by atoms with Crippen molar-refractivity contribution in [2.24, 2.45) is 5.92 Å². The van der Waals surface area contributed by atoms with E-state index in [1.165, 1.54) is 13.0 Å². The van der Waals surface area contributed by atoms with E-state index in [1.54, 1.807) is 55.5 Å². The fraction of sp³-hybridized carbons (Fsp3) is 0.686. The molecule has 0 amide bonds. The van der Waals surface area contributed by atoms with Gasteiger partial charge in [-0.25, -0.2) is 0 Å². The topological polar surface area (TPSA) is 208 Å². The van der Waals surface area contributed by atoms with Crippen molar-refractivity contribution in [2.45, 2.75) is 146 Å². The highest BCUT2D eigenvalue weighted by molar-refractivity contribution is 5.74. The van der Waals surface area contributed by atoms with E-state index in [0.29, 0.717) is 12.0 Å². The summed E-state index contributed by atoms with van der Waals surface area (Å²) in [5.41, 5.74) is 0.609. The molecule has 0 radical (unpaired) electrons. The van der Waals surface area contributed by atoms with Crippen LogP contribution in [0.25, 0.3) is 0 Å². The molecule has 0 saturated heterocycles. The van der Waals surface area contributed by atoms with Crippen molar-refractivity contribution in [3.8, 4) is 0 Å². The highest BCUT2D eigenvalue weighted by Crippen LogP contribution is 2.24. The molecule has 1 aliphatic heterocycles. The second-order valence-electron chi connectivity index (χ2n) is 12.4. The molecule has 0 spiro atoms. The number of esters is 1. The van der Waals surface area contributed by atoms with E-state index in [1.807, 2.05) is 6.92 Å². The van der Waals surface area contributed by atoms with E-state index < -0.39 is 72.9 Å². The first kappa shape index (κ1) is 41.8. The van der Waals surface area contributed by atoms with Gasteiger partial charge in [0.2, 0.25) is 0 Å². The lowest BCUT2D eigenvalue weighted by atomic mass is 9.87. The van der Waals surface area contributed by atoms with Gasteiger partial charge < -0.3 is 50.7 Å². The lowest BCUT2D eigenvalue weighted by Gasteiger charge is -2.29. The van der Waals surface area contributed by atoms with Gasteiger partial charge in [-0.2, -0.15) is 0 Å². The van der Waals surface area contributed by atoms with Gasteiger partial charge in [0.05, 0.1) is 48.8 Å². The summed E-state index contributed by atoms with van der Waals surface area (Å²) in [5.74, 6) is -2.33. The van der Waals surface area contributed by atoms with Crippen molar-refractivity contribution in [3.05, 3.63) is 60.3 Å². The molecular weight excluding hydrogens is 596 g/mol. The molecule has 0 aromatic carbocycles. The Balaban J connectivity index is 3.14. The monoisotopic (exact) mass is 654 g/mol. The van der Waals surface area contributed by atoms with Crippen molar-refractivity contribution in [1.82, 2.24) is 0 Å². The summed E-state index contributed by atoms with van der Waals surface area (Å²) in [7, 11) is 0. The van der Waals surface area contributed by atoms with Gasteiger partial charge in [0, 0.05) is 12.8 Å². The standard InChI is InChI=1S/C35H58O11/c1-4-5-11-16-31(42)34-33(44)22-29(40)20-27(38)18-25(36)17-26(37)19-28(39)21-32(43)23(2)14-12-9-7-6-8-10-13-15-30(41)24(3)46-35(34)45/h6-10,12-15,24-34,36-44H,4-5,11,16-22H2,1-3H3/b7-6-,10-8-,12-9-,15-13-,23-14-/t24-,25-,26+,27-,28+,29-,30-,31+,32+,33-,34-/m0/s1. The molecule has 11 heteroatoms. The largest absolute Gasteiger partial charge is 0.459 e. The number of unbranched alkanes of at least 4 members (excludes halogenated alkanes) is 2. The van der Waals surface area contributed by atoms with E-state index in [-0.39, 0.29) is 44.9 Å². The molecule has 0 unspecified atom stereocenters. The van der Waals surface area contributed by atoms with Crippen molar-refractivity contribution < 1.29 is 55.5 Å². The molecule has 46 heavy (non-hydrogen) atoms. The van der Waals surface area contributed by atoms with E-state index in [0.717, 1.165) is 12.8 Å². The van der Waals surface area contributed by atoms with Crippen molar-refractivity contribution >= 4 is 5.97 Å². The lowest BCUT2D eigenvalue weighted by molar-refractivity contribution is -0.168. The van der Waals surface area contributed by atoms with Crippen LogP contribution in [0.1, 0.15) is 85.0 Å². The first-order valence-electron chi connectivity index (χ1n) is 16.4. The number of carbonyl (C=O) groups excluding carboxylic acids is 1. The Bertz CT molecular complexity index is 991. The Labute approximate surface area is 273 Å². The molecule has 264 valence electrons. The van der Waals surface area contributed by atoms with Crippen LogP contribution in [0, 0.1) is 5.92 Å². The number of aliphatic hydroxyl groups is 9. The lowest BCUT2D eigenvalue weighted by Crippen LogP contribution is -2.43. The van der Waals surface area contributed by atoms with Gasteiger partial charge in [-0.1, -0.05) is 80.9 Å². The fourth-order valence-corrected chi connectivity index (χ4v) is 5.27. The van der Waals surface area contributed by atoms with Crippen LogP contribution in [-0.4, -0.2) is 113 Å². The summed E-state index contributed by atoms with van der Waals surface area (Å²) in [6.07, 6.45) is 4.69. The Morgan fingerprint density at radius 3 is 1.74 bits per heavy atom. The average Bonchev–Trinajstić information content (AvgIpc) is 2.94. The fourth-order valence-electron chi connectivity index (χ4n) is 5.27. The minimum absolute atomic E-state index is 0.0162. The Kier molecular flexibility index (Phi) is 21.1. The van der Waals surface area contributed by atoms with Crippen LogP contribution < -0.4 is 0 Å². The van der Waals surface area contributed by atoms with Crippen LogP contribution in [0.2, 0.25) is 0 Å². The molecule has 0 saturated carbocycles. The van der Waals surface area contributed by atoms with Crippen LogP contribution >= 0.6 is 0 Å². The normalized spacial score (nSPS) is 38.6. The zero-order valence-electron chi connectivity index (χ0n) is 27.5. The number of cyclic esters (lactones) is 1. The summed E-state index contributed by atoms with van der Waals surface area (Å²) < 4.78 is 5.42. The zero-order valence-corrected chi connectivity index (χ0v) is 27.5. The molecule has 11 nitrogen and oxygen atoms in total. The van der Waals surface area contributed by atoms with Crippen molar-refractivity contribution in [3.63, 3.8) is 0 Å². The molecular formula is C35H58O11. The summed E-state index contributed by atoms with van der Waals surface area (Å²) in [5, 5.41) is 94.8. The van der Waals surface area contributed by atoms with Crippen LogP contribution in [-0.2, 0) is 9.53 Å². The minimum atomic E-state index is -1.52.